The van der Waals surface area contributed by atoms with Crippen molar-refractivity contribution >= 4 is 22.7 Å². The number of rotatable bonds is 6. The molecule has 1 heterocycles. The molecule has 0 fully saturated rings. The number of nitrogens with two attached hydrogens (primary N) is 1. The van der Waals surface area contributed by atoms with E-state index in [0.29, 0.717) is 17.2 Å². The SMILES string of the molecule is COc1cc(N)c(NCCc2cccs2)cc1OC. The van der Waals surface area contributed by atoms with Crippen molar-refractivity contribution in [3.05, 3.63) is 34.5 Å². The molecule has 102 valence electrons. The van der Waals surface area contributed by atoms with Crippen LogP contribution in [0.5, 0.6) is 11.5 Å². The first kappa shape index (κ1) is 13.5. The molecule has 2 rings (SSSR count). The largest absolute Gasteiger partial charge is 0.493 e. The second-order valence-corrected chi connectivity index (χ2v) is 5.08. The van der Waals surface area contributed by atoms with Crippen LogP contribution in [0.2, 0.25) is 0 Å². The van der Waals surface area contributed by atoms with Gasteiger partial charge in [0.2, 0.25) is 0 Å². The average molecular weight is 278 g/mol. The van der Waals surface area contributed by atoms with Crippen LogP contribution in [0.3, 0.4) is 0 Å². The summed E-state index contributed by atoms with van der Waals surface area (Å²) in [7, 11) is 3.21. The van der Waals surface area contributed by atoms with Gasteiger partial charge in [-0.1, -0.05) is 6.07 Å². The minimum absolute atomic E-state index is 0.642. The zero-order chi connectivity index (χ0) is 13.7. The Morgan fingerprint density at radius 1 is 1.21 bits per heavy atom. The Morgan fingerprint density at radius 2 is 1.95 bits per heavy atom. The summed E-state index contributed by atoms with van der Waals surface area (Å²) in [5, 5.41) is 5.41. The van der Waals surface area contributed by atoms with Gasteiger partial charge in [-0.25, -0.2) is 0 Å². The highest BCUT2D eigenvalue weighted by Gasteiger charge is 2.08. The number of hydrogen-bond acceptors (Lipinski definition) is 5. The molecule has 0 aliphatic heterocycles. The van der Waals surface area contributed by atoms with E-state index in [-0.39, 0.29) is 0 Å². The number of hydrogen-bond donors (Lipinski definition) is 2. The normalized spacial score (nSPS) is 10.2. The molecule has 1 aromatic carbocycles. The van der Waals surface area contributed by atoms with Gasteiger partial charge in [0, 0.05) is 23.6 Å². The number of nitrogens with one attached hydrogen (secondary N) is 1. The summed E-state index contributed by atoms with van der Waals surface area (Å²) in [6.45, 7) is 0.834. The van der Waals surface area contributed by atoms with Crippen LogP contribution in [0.25, 0.3) is 0 Å². The highest BCUT2D eigenvalue weighted by Crippen LogP contribution is 2.34. The molecule has 0 bridgehead atoms. The van der Waals surface area contributed by atoms with E-state index in [9.17, 15) is 0 Å². The monoisotopic (exact) mass is 278 g/mol. The Bertz CT molecular complexity index is 526. The second kappa shape index (κ2) is 6.33. The van der Waals surface area contributed by atoms with Gasteiger partial charge < -0.3 is 20.5 Å². The molecule has 0 aliphatic rings. The number of methoxy groups -OCH3 is 2. The zero-order valence-electron chi connectivity index (χ0n) is 11.1. The van der Waals surface area contributed by atoms with Gasteiger partial charge in [-0.3, -0.25) is 0 Å². The van der Waals surface area contributed by atoms with E-state index in [1.165, 1.54) is 4.88 Å². The van der Waals surface area contributed by atoms with Gasteiger partial charge in [0.05, 0.1) is 25.6 Å². The predicted molar refractivity (Wildman–Crippen MR) is 80.5 cm³/mol. The third kappa shape index (κ3) is 3.32. The fraction of sp³-hybridized carbons (Fsp3) is 0.286. The fourth-order valence-corrected chi connectivity index (χ4v) is 2.53. The molecule has 0 aliphatic carbocycles. The molecular weight excluding hydrogens is 260 g/mol. The Labute approximate surface area is 117 Å². The topological polar surface area (TPSA) is 56.5 Å². The molecule has 0 saturated carbocycles. The summed E-state index contributed by atoms with van der Waals surface area (Å²) in [5.74, 6) is 1.32. The van der Waals surface area contributed by atoms with E-state index < -0.39 is 0 Å². The van der Waals surface area contributed by atoms with Crippen LogP contribution in [-0.2, 0) is 6.42 Å². The standard InChI is InChI=1S/C14H18N2O2S/c1-17-13-8-11(15)12(9-14(13)18-2)16-6-5-10-4-3-7-19-10/h3-4,7-9,16H,5-6,15H2,1-2H3. The molecule has 2 aromatic rings. The number of ether oxygens (including phenoxy) is 2. The average Bonchev–Trinajstić information content (AvgIpc) is 2.93. The fourth-order valence-electron chi connectivity index (χ4n) is 1.82. The molecule has 0 amide bonds. The van der Waals surface area contributed by atoms with E-state index in [2.05, 4.69) is 22.8 Å². The lowest BCUT2D eigenvalue weighted by Crippen LogP contribution is -2.07. The number of thiophene rings is 1. The summed E-state index contributed by atoms with van der Waals surface area (Å²) in [5.41, 5.74) is 7.51. The maximum absolute atomic E-state index is 5.98. The lowest BCUT2D eigenvalue weighted by molar-refractivity contribution is 0.355. The second-order valence-electron chi connectivity index (χ2n) is 4.05. The van der Waals surface area contributed by atoms with Gasteiger partial charge in [-0.2, -0.15) is 0 Å². The molecule has 0 unspecified atom stereocenters. The van der Waals surface area contributed by atoms with Crippen LogP contribution in [0.4, 0.5) is 11.4 Å². The van der Waals surface area contributed by atoms with Crippen molar-refractivity contribution in [2.24, 2.45) is 0 Å². The first-order valence-corrected chi connectivity index (χ1v) is 6.90. The van der Waals surface area contributed by atoms with E-state index in [1.807, 2.05) is 6.07 Å². The van der Waals surface area contributed by atoms with E-state index in [1.54, 1.807) is 31.6 Å². The Hall–Kier alpha value is -1.88. The highest BCUT2D eigenvalue weighted by molar-refractivity contribution is 7.09. The van der Waals surface area contributed by atoms with Crippen molar-refractivity contribution in [3.8, 4) is 11.5 Å². The van der Waals surface area contributed by atoms with Crippen molar-refractivity contribution in [2.45, 2.75) is 6.42 Å². The molecule has 0 saturated heterocycles. The van der Waals surface area contributed by atoms with Gasteiger partial charge in [0.15, 0.2) is 11.5 Å². The van der Waals surface area contributed by atoms with E-state index in [0.717, 1.165) is 18.7 Å². The van der Waals surface area contributed by atoms with Gasteiger partial charge in [-0.05, 0) is 17.9 Å². The minimum Gasteiger partial charge on any atom is -0.493 e. The first-order chi connectivity index (χ1) is 9.24. The number of anilines is 2. The molecule has 5 heteroatoms. The summed E-state index contributed by atoms with van der Waals surface area (Å²) in [4.78, 5) is 1.35. The van der Waals surface area contributed by atoms with Gasteiger partial charge in [-0.15, -0.1) is 11.3 Å². The first-order valence-electron chi connectivity index (χ1n) is 6.02. The molecule has 3 N–H and O–H groups in total. The van der Waals surface area contributed by atoms with Crippen LogP contribution in [0.15, 0.2) is 29.6 Å². The Balaban J connectivity index is 2.03. The zero-order valence-corrected chi connectivity index (χ0v) is 11.9. The van der Waals surface area contributed by atoms with Crippen LogP contribution in [0.1, 0.15) is 4.88 Å². The van der Waals surface area contributed by atoms with Gasteiger partial charge >= 0.3 is 0 Å². The molecule has 19 heavy (non-hydrogen) atoms. The van der Waals surface area contributed by atoms with Crippen LogP contribution in [0, 0.1) is 0 Å². The van der Waals surface area contributed by atoms with Crippen molar-refractivity contribution in [2.75, 3.05) is 31.8 Å². The van der Waals surface area contributed by atoms with Crippen molar-refractivity contribution < 1.29 is 9.47 Å². The maximum atomic E-state index is 5.98. The van der Waals surface area contributed by atoms with Gasteiger partial charge in [0.25, 0.3) is 0 Å². The van der Waals surface area contributed by atoms with Crippen molar-refractivity contribution in [3.63, 3.8) is 0 Å². The molecule has 0 atom stereocenters. The minimum atomic E-state index is 0.642. The van der Waals surface area contributed by atoms with E-state index >= 15 is 0 Å². The Morgan fingerprint density at radius 3 is 2.58 bits per heavy atom. The third-order valence-corrected chi connectivity index (χ3v) is 3.76. The summed E-state index contributed by atoms with van der Waals surface area (Å²) in [6, 6.07) is 7.82. The third-order valence-electron chi connectivity index (χ3n) is 2.82. The molecule has 4 nitrogen and oxygen atoms in total. The molecule has 1 aromatic heterocycles. The van der Waals surface area contributed by atoms with Crippen LogP contribution in [-0.4, -0.2) is 20.8 Å². The quantitative estimate of drug-likeness (QED) is 0.798. The number of benzene rings is 1. The molecule has 0 spiro atoms. The summed E-state index contributed by atoms with van der Waals surface area (Å²) >= 11 is 1.76. The van der Waals surface area contributed by atoms with Crippen LogP contribution >= 0.6 is 11.3 Å². The maximum Gasteiger partial charge on any atom is 0.162 e. The van der Waals surface area contributed by atoms with Crippen molar-refractivity contribution in [1.29, 1.82) is 0 Å². The van der Waals surface area contributed by atoms with Crippen LogP contribution < -0.4 is 20.5 Å². The van der Waals surface area contributed by atoms with Gasteiger partial charge in [0.1, 0.15) is 0 Å². The molecular formula is C14H18N2O2S. The highest BCUT2D eigenvalue weighted by atomic mass is 32.1. The lowest BCUT2D eigenvalue weighted by Gasteiger charge is -2.13. The van der Waals surface area contributed by atoms with Crippen molar-refractivity contribution in [1.82, 2.24) is 0 Å². The number of nitrogen functional groups attached to an aromatic ring is 1. The lowest BCUT2D eigenvalue weighted by atomic mass is 10.2. The smallest absolute Gasteiger partial charge is 0.162 e. The molecule has 0 radical (unpaired) electrons. The Kier molecular flexibility index (Phi) is 4.52. The summed E-state index contributed by atoms with van der Waals surface area (Å²) in [6.07, 6.45) is 0.978. The van der Waals surface area contributed by atoms with E-state index in [4.69, 9.17) is 15.2 Å². The predicted octanol–water partition coefficient (Wildman–Crippen LogP) is 3.00. The summed E-state index contributed by atoms with van der Waals surface area (Å²) < 4.78 is 10.5.